The lowest BCUT2D eigenvalue weighted by Crippen LogP contribution is -2.42. The second-order valence-electron chi connectivity index (χ2n) is 44.8. The number of ketones is 2. The number of nitrogens with one attached hydrogen (secondary N) is 2. The number of hydrogen-bond acceptors (Lipinski definition) is 24. The van der Waals surface area contributed by atoms with E-state index in [4.69, 9.17) is 53.2 Å². The zero-order valence-electron chi connectivity index (χ0n) is 91.2. The fourth-order valence-corrected chi connectivity index (χ4v) is 19.6. The second-order valence-corrected chi connectivity index (χ2v) is 44.8. The number of nitrogens with zero attached hydrogens (tertiary/aromatic N) is 4. The summed E-state index contributed by atoms with van der Waals surface area (Å²) in [6.45, 7) is 35.0. The molecular weight excluding hydrogens is 1890 g/mol. The molecule has 0 aromatic heterocycles. The molecule has 6 saturated heterocycles. The molecule has 9 aliphatic rings. The van der Waals surface area contributed by atoms with E-state index in [1.165, 1.54) is 56.2 Å². The highest BCUT2D eigenvalue weighted by Gasteiger charge is 2.36. The van der Waals surface area contributed by atoms with Gasteiger partial charge in [0.15, 0.2) is 17.9 Å². The molecule has 0 radical (unpaired) electrons. The third-order valence-corrected chi connectivity index (χ3v) is 28.5. The third kappa shape index (κ3) is 51.4. The predicted octanol–water partition coefficient (Wildman–Crippen LogP) is 22.4. The van der Waals surface area contributed by atoms with Crippen molar-refractivity contribution >= 4 is 72.5 Å². The van der Waals surface area contributed by atoms with Crippen molar-refractivity contribution in [3.05, 3.63) is 191 Å². The highest BCUT2D eigenvalue weighted by atomic mass is 16.7. The van der Waals surface area contributed by atoms with Crippen LogP contribution in [0.4, 0.5) is 14.4 Å². The lowest BCUT2D eigenvalue weighted by molar-refractivity contribution is -0.151. The predicted molar refractivity (Wildman–Crippen MR) is 588 cm³/mol. The smallest absolute Gasteiger partial charge is 0.410 e. The van der Waals surface area contributed by atoms with E-state index >= 15 is 0 Å². The molecule has 3 saturated carbocycles. The molecule has 5 aromatic carbocycles. The Kier molecular flexibility index (Phi) is 58.3. The van der Waals surface area contributed by atoms with Crippen LogP contribution in [-0.2, 0) is 73.2 Å². The number of rotatable bonds is 35. The summed E-state index contributed by atoms with van der Waals surface area (Å²) in [4.78, 5) is 126. The van der Waals surface area contributed by atoms with Crippen LogP contribution < -0.4 is 10.6 Å². The third-order valence-electron chi connectivity index (χ3n) is 28.5. The van der Waals surface area contributed by atoms with Gasteiger partial charge in [0.1, 0.15) is 60.9 Å². The molecule has 3 amide bonds. The summed E-state index contributed by atoms with van der Waals surface area (Å²) in [5, 5.41) is 33.1. The van der Waals surface area contributed by atoms with Gasteiger partial charge in [-0.15, -0.1) is 0 Å². The summed E-state index contributed by atoms with van der Waals surface area (Å²) in [5.74, 6) is 2.41. The van der Waals surface area contributed by atoms with Crippen LogP contribution >= 0.6 is 0 Å². The molecular formula is C122H184N6O21. The Balaban J connectivity index is 0.000000244. The Morgan fingerprint density at radius 3 is 1.03 bits per heavy atom. The maximum atomic E-state index is 13.1. The van der Waals surface area contributed by atoms with Crippen molar-refractivity contribution in [1.29, 1.82) is 0 Å². The molecule has 0 bridgehead atoms. The number of benzene rings is 5. The summed E-state index contributed by atoms with van der Waals surface area (Å²) in [5.41, 5.74) is 5.60. The number of aliphatic hydroxyl groups is 3. The van der Waals surface area contributed by atoms with Crippen molar-refractivity contribution in [1.82, 2.24) is 30.2 Å². The highest BCUT2D eigenvalue weighted by Crippen LogP contribution is 2.37. The van der Waals surface area contributed by atoms with Crippen molar-refractivity contribution in [2.75, 3.05) is 112 Å². The van der Waals surface area contributed by atoms with Gasteiger partial charge in [-0.25, -0.2) is 14.4 Å². The Morgan fingerprint density at radius 1 is 0.383 bits per heavy atom. The van der Waals surface area contributed by atoms with E-state index in [1.54, 1.807) is 53.1 Å². The number of carbonyl (C=O) groups excluding carboxylic acids is 10. The molecule has 14 rings (SSSR count). The Labute approximate surface area is 891 Å². The largest absolute Gasteiger partial charge is 0.462 e. The molecule has 4 atom stereocenters. The van der Waals surface area contributed by atoms with Crippen LogP contribution in [0.5, 0.6) is 0 Å². The average molecular weight is 2070 g/mol. The number of carbonyl (C=O) groups is 10. The molecule has 5 N–H and O–H groups in total. The van der Waals surface area contributed by atoms with Crippen molar-refractivity contribution < 1.29 is 101 Å². The Morgan fingerprint density at radius 2 is 0.698 bits per heavy atom. The number of hydrogen-bond donors (Lipinski definition) is 5. The minimum absolute atomic E-state index is 0. The Bertz CT molecular complexity index is 4650. The lowest BCUT2D eigenvalue weighted by atomic mass is 9.86. The summed E-state index contributed by atoms with van der Waals surface area (Å²) in [6.07, 6.45) is 38.4. The quantitative estimate of drug-likeness (QED) is 0.00827. The normalized spacial score (nSPS) is 18.5. The highest BCUT2D eigenvalue weighted by molar-refractivity contribution is 5.95. The van der Waals surface area contributed by atoms with Gasteiger partial charge >= 0.3 is 36.2 Å². The Hall–Kier alpha value is -9.84. The van der Waals surface area contributed by atoms with Gasteiger partial charge in [0.25, 0.3) is 0 Å². The van der Waals surface area contributed by atoms with Crippen LogP contribution in [-0.4, -0.2) is 248 Å². The van der Waals surface area contributed by atoms with E-state index in [1.807, 2.05) is 146 Å². The average Bonchev–Trinajstić information content (AvgIpc) is 1.84. The summed E-state index contributed by atoms with van der Waals surface area (Å²) in [6, 6.07) is 45.6. The molecule has 6 aliphatic heterocycles. The van der Waals surface area contributed by atoms with E-state index in [-0.39, 0.29) is 110 Å². The molecule has 27 nitrogen and oxygen atoms in total. The topological polar surface area (TPSA) is 342 Å². The van der Waals surface area contributed by atoms with E-state index in [2.05, 4.69) is 65.8 Å². The number of aliphatic hydroxyl groups excluding tert-OH is 3. The van der Waals surface area contributed by atoms with Gasteiger partial charge in [0.2, 0.25) is 0 Å². The van der Waals surface area contributed by atoms with Gasteiger partial charge in [0, 0.05) is 70.5 Å². The standard InChI is InChI=1S/C31H39NO4.C25H37NO4.C20H29NO2.C17H22O4.C11H21NO3.C11H19NO3.C6H13NO.CH4/c33-23-28(34)16-14-24-10-12-26(13-11-24)22-32-20-18-25(19-21-32)15-17-30(27-6-2-1-3-7-27)31(35)36-29-8-4-5-9-29;1-25(2,3)30-24(28)26-17-15-19(16-18-26)13-14-22(20-9-5-4-6-10-20)23(27)29-21-11-7-8-12-21;22-20(23-18-8-4-5-9-18)19(17-6-2-1-3-7-17)11-10-16-12-14-21-15-13-16;1-13(2)11-20-14(3)21-12-17(19)9-8-15-4-6-16(10-18)7-5-15;2*1-11(2,3)15-10(14)12-6-4-9(8-13)5-7-12;8-5-6-1-3-7-4-2-6;/h1-3,6-7,10-14,16,25,29-30,33H,4-5,8-9,15,17-23H2;4-6,9-10,19,21-22H,7-8,11-18H2,1-3H3;1-3,6-7,16,18-19,21H,4-5,8-15H2;4-10,13-14H,11-12H2,1-3H3;9,13H,4-8H2,1-3H3;8-9H,4-7H2,1-3H3;6-8H,1-5H2;1H4/b16-14+;;;9-8+;;;;/t30-;22-;19-;;;;;/m000...../s1. The van der Waals surface area contributed by atoms with Crippen LogP contribution in [0.3, 0.4) is 0 Å². The first-order chi connectivity index (χ1) is 71.0. The summed E-state index contributed by atoms with van der Waals surface area (Å²) in [7, 11) is 0. The van der Waals surface area contributed by atoms with Gasteiger partial charge in [-0.05, 0) is 382 Å². The number of piperidine rings is 6. The molecule has 3 aliphatic carbocycles. The molecule has 828 valence electrons. The number of amides is 3. The first-order valence-corrected chi connectivity index (χ1v) is 55.4. The van der Waals surface area contributed by atoms with Crippen LogP contribution in [0.1, 0.15) is 345 Å². The number of ether oxygens (including phenoxy) is 8. The molecule has 6 heterocycles. The fourth-order valence-electron chi connectivity index (χ4n) is 19.6. The molecule has 27 heteroatoms. The van der Waals surface area contributed by atoms with Gasteiger partial charge in [-0.2, -0.15) is 0 Å². The number of aldehydes is 2. The lowest BCUT2D eigenvalue weighted by Gasteiger charge is -2.33. The van der Waals surface area contributed by atoms with Crippen LogP contribution in [0, 0.1) is 41.4 Å². The van der Waals surface area contributed by atoms with Gasteiger partial charge < -0.3 is 83.3 Å². The van der Waals surface area contributed by atoms with Gasteiger partial charge in [-0.1, -0.05) is 173 Å². The van der Waals surface area contributed by atoms with E-state index in [0.29, 0.717) is 74.5 Å². The van der Waals surface area contributed by atoms with Gasteiger partial charge in [0.05, 0.1) is 24.4 Å². The molecule has 0 spiro atoms. The number of likely N-dealkylation sites (tertiary alicyclic amines) is 4. The van der Waals surface area contributed by atoms with E-state index < -0.39 is 29.7 Å². The maximum Gasteiger partial charge on any atom is 0.410 e. The van der Waals surface area contributed by atoms with Crippen molar-refractivity contribution in [2.45, 2.75) is 349 Å². The monoisotopic (exact) mass is 2070 g/mol. The van der Waals surface area contributed by atoms with Gasteiger partial charge in [-0.3, -0.25) is 33.7 Å². The molecule has 149 heavy (non-hydrogen) atoms. The fraction of sp³-hybridized carbons (Fsp3) is 0.639. The van der Waals surface area contributed by atoms with Crippen LogP contribution in [0.15, 0.2) is 152 Å². The summed E-state index contributed by atoms with van der Waals surface area (Å²) >= 11 is 0. The molecule has 5 aromatic rings. The molecule has 1 unspecified atom stereocenters. The summed E-state index contributed by atoms with van der Waals surface area (Å²) < 4.78 is 44.3. The van der Waals surface area contributed by atoms with E-state index in [0.717, 1.165) is 259 Å². The van der Waals surface area contributed by atoms with Crippen molar-refractivity contribution in [2.24, 2.45) is 41.4 Å². The van der Waals surface area contributed by atoms with E-state index in [9.17, 15) is 47.9 Å². The van der Waals surface area contributed by atoms with Crippen molar-refractivity contribution in [3.8, 4) is 0 Å². The minimum Gasteiger partial charge on any atom is -0.462 e. The number of esters is 3. The zero-order chi connectivity index (χ0) is 107. The maximum absolute atomic E-state index is 13.1. The van der Waals surface area contributed by atoms with Crippen LogP contribution in [0.25, 0.3) is 12.2 Å². The first-order valence-electron chi connectivity index (χ1n) is 55.4. The van der Waals surface area contributed by atoms with Crippen LogP contribution in [0.2, 0.25) is 0 Å². The molecule has 9 fully saturated rings. The second kappa shape index (κ2) is 68.9. The minimum atomic E-state index is -0.462. The van der Waals surface area contributed by atoms with Crippen molar-refractivity contribution in [3.63, 3.8) is 0 Å². The first kappa shape index (κ1) is 126. The zero-order valence-corrected chi connectivity index (χ0v) is 91.2. The SMILES string of the molecule is C.CC(C)(C)OC(=O)N1CCC(C=O)CC1.CC(C)(C)OC(=O)N1CCC(CC[C@H](C(=O)OC2CCCC2)c2ccccc2)CC1.CC(C)(C)OC(=O)N1CCC(CO)CC1.CC(C)COC(C)OCC(=O)/C=C/c1ccc(C=O)cc1.O=C(/C=C/c1ccc(CN2CCC(CC[C@H](C(=O)OC3CCCC3)c3ccccc3)CC2)cc1)CO.O=C(OC1CCCC1)[C@@H](CCC1CCNCC1)c1ccccc1.OCC1CCNCC1.